The number of nitrogens with zero attached hydrogens (tertiary/aromatic N) is 2. The van der Waals surface area contributed by atoms with Gasteiger partial charge < -0.3 is 14.3 Å². The second kappa shape index (κ2) is 7.60. The highest BCUT2D eigenvalue weighted by atomic mass is 19.4. The molecular weight excluding hydrogens is 413 g/mol. The number of halogens is 3. The van der Waals surface area contributed by atoms with Gasteiger partial charge in [-0.15, -0.1) is 0 Å². The van der Waals surface area contributed by atoms with E-state index in [-0.39, 0.29) is 17.0 Å². The third-order valence-electron chi connectivity index (χ3n) is 4.44. The minimum atomic E-state index is -4.92. The van der Waals surface area contributed by atoms with Gasteiger partial charge in [0.25, 0.3) is 5.91 Å². The van der Waals surface area contributed by atoms with Gasteiger partial charge in [-0.05, 0) is 35.9 Å². The van der Waals surface area contributed by atoms with E-state index >= 15 is 0 Å². The van der Waals surface area contributed by atoms with Crippen molar-refractivity contribution >= 4 is 29.4 Å². The zero-order chi connectivity index (χ0) is 22.2. The highest BCUT2D eigenvalue weighted by Gasteiger charge is 2.47. The minimum absolute atomic E-state index is 0.0319. The Morgan fingerprint density at radius 1 is 1.03 bits per heavy atom. The molecule has 0 fully saturated rings. The average molecular weight is 425 g/mol. The van der Waals surface area contributed by atoms with E-state index in [1.807, 2.05) is 6.07 Å². The van der Waals surface area contributed by atoms with Gasteiger partial charge in [-0.2, -0.15) is 23.3 Å². The largest absolute Gasteiger partial charge is 0.545 e. The Balaban J connectivity index is 1.73. The molecule has 0 aliphatic carbocycles. The average Bonchev–Trinajstić information content (AvgIpc) is 3.34. The summed E-state index contributed by atoms with van der Waals surface area (Å²) in [4.78, 5) is 23.8. The molecule has 0 unspecified atom stereocenters. The molecule has 1 aliphatic heterocycles. The molecule has 0 radical (unpaired) electrons. The van der Waals surface area contributed by atoms with E-state index in [0.717, 1.165) is 17.7 Å². The van der Waals surface area contributed by atoms with Gasteiger partial charge in [0.05, 0.1) is 17.2 Å². The number of carbonyl (C=O) groups is 2. The molecule has 0 saturated heterocycles. The van der Waals surface area contributed by atoms with E-state index in [4.69, 9.17) is 4.42 Å². The topological polar surface area (TPSA) is 85.9 Å². The summed E-state index contributed by atoms with van der Waals surface area (Å²) in [6, 6.07) is 16.7. The molecule has 31 heavy (non-hydrogen) atoms. The van der Waals surface area contributed by atoms with Gasteiger partial charge in [0.1, 0.15) is 11.5 Å². The zero-order valence-electron chi connectivity index (χ0n) is 15.6. The molecule has 4 rings (SSSR count). The number of hydrazone groups is 1. The third-order valence-corrected chi connectivity index (χ3v) is 4.44. The monoisotopic (exact) mass is 425 g/mol. The quantitative estimate of drug-likeness (QED) is 0.597. The molecule has 9 heteroatoms. The molecule has 156 valence electrons. The third kappa shape index (κ3) is 3.97. The van der Waals surface area contributed by atoms with Crippen molar-refractivity contribution in [1.29, 1.82) is 0 Å². The van der Waals surface area contributed by atoms with Crippen molar-refractivity contribution in [3.8, 4) is 11.3 Å². The molecule has 6 nitrogen and oxygen atoms in total. The van der Waals surface area contributed by atoms with Crippen molar-refractivity contribution in [2.24, 2.45) is 5.10 Å². The first-order chi connectivity index (χ1) is 14.7. The number of carbonyl (C=O) groups excluding carboxylic acids is 2. The van der Waals surface area contributed by atoms with Crippen LogP contribution in [0.3, 0.4) is 0 Å². The molecule has 1 amide bonds. The first-order valence-corrected chi connectivity index (χ1v) is 8.93. The lowest BCUT2D eigenvalue weighted by Gasteiger charge is -2.13. The molecule has 2 aromatic carbocycles. The SMILES string of the molecule is O=C([O-])c1cccc(N2N=C(C(F)(F)F)/C(=C/c3ccc(-c4ccccc4)o3)C2=O)c1. The number of alkyl halides is 3. The molecule has 0 bridgehead atoms. The molecule has 0 N–H and O–H groups in total. The van der Waals surface area contributed by atoms with Gasteiger partial charge in [0.15, 0.2) is 5.71 Å². The standard InChI is InChI=1S/C22H13F3N2O4/c23-22(24,25)19-17(12-16-9-10-18(31-16)13-5-2-1-3-6-13)20(28)27(26-19)15-8-4-7-14(11-15)21(29)30/h1-12H,(H,29,30)/p-1/b17-12-. The van der Waals surface area contributed by atoms with Crippen LogP contribution in [0.1, 0.15) is 16.1 Å². The number of amides is 1. The smallest absolute Gasteiger partial charge is 0.435 e. The lowest BCUT2D eigenvalue weighted by atomic mass is 10.1. The van der Waals surface area contributed by atoms with Gasteiger partial charge >= 0.3 is 6.18 Å². The van der Waals surface area contributed by atoms with Crippen molar-refractivity contribution in [2.45, 2.75) is 6.18 Å². The minimum Gasteiger partial charge on any atom is -0.545 e. The van der Waals surface area contributed by atoms with E-state index in [9.17, 15) is 27.9 Å². The number of hydrogen-bond acceptors (Lipinski definition) is 5. The Labute approximate surface area is 173 Å². The normalized spacial score (nSPS) is 15.5. The molecule has 0 spiro atoms. The first kappa shape index (κ1) is 20.1. The number of furan rings is 1. The number of rotatable bonds is 4. The number of aromatic carboxylic acids is 1. The maximum Gasteiger partial charge on any atom is 0.435 e. The maximum atomic E-state index is 13.6. The number of carboxylic acids is 1. The van der Waals surface area contributed by atoms with Crippen molar-refractivity contribution in [2.75, 3.05) is 5.01 Å². The van der Waals surface area contributed by atoms with E-state index in [1.54, 1.807) is 30.3 Å². The summed E-state index contributed by atoms with van der Waals surface area (Å²) in [7, 11) is 0. The second-order valence-corrected chi connectivity index (χ2v) is 6.53. The van der Waals surface area contributed by atoms with E-state index in [1.165, 1.54) is 24.3 Å². The summed E-state index contributed by atoms with van der Waals surface area (Å²) in [6.07, 6.45) is -3.96. The van der Waals surface area contributed by atoms with E-state index in [0.29, 0.717) is 10.8 Å². The second-order valence-electron chi connectivity index (χ2n) is 6.53. The fourth-order valence-corrected chi connectivity index (χ4v) is 3.02. The van der Waals surface area contributed by atoms with Crippen LogP contribution in [0.25, 0.3) is 17.4 Å². The van der Waals surface area contributed by atoms with Crippen LogP contribution in [0.2, 0.25) is 0 Å². The van der Waals surface area contributed by atoms with Crippen LogP contribution in [0, 0.1) is 0 Å². The number of carboxylic acid groups (broad SMARTS) is 1. The summed E-state index contributed by atoms with van der Waals surface area (Å²) in [5.41, 5.74) is -1.85. The van der Waals surface area contributed by atoms with Crippen LogP contribution in [-0.2, 0) is 4.79 Å². The Morgan fingerprint density at radius 2 is 1.77 bits per heavy atom. The predicted molar refractivity (Wildman–Crippen MR) is 104 cm³/mol. The number of anilines is 1. The lowest BCUT2D eigenvalue weighted by Crippen LogP contribution is -2.26. The fraction of sp³-hybridized carbons (Fsp3) is 0.0455. The Morgan fingerprint density at radius 3 is 2.45 bits per heavy atom. The number of hydrogen-bond donors (Lipinski definition) is 0. The highest BCUT2D eigenvalue weighted by molar-refractivity contribution is 6.34. The van der Waals surface area contributed by atoms with Crippen LogP contribution in [0.15, 0.2) is 81.8 Å². The molecule has 3 aromatic rings. The molecule has 1 aliphatic rings. The molecule has 2 heterocycles. The number of benzene rings is 2. The summed E-state index contributed by atoms with van der Waals surface area (Å²) in [6.45, 7) is 0. The highest BCUT2D eigenvalue weighted by Crippen LogP contribution is 2.33. The van der Waals surface area contributed by atoms with E-state index in [2.05, 4.69) is 5.10 Å². The zero-order valence-corrected chi connectivity index (χ0v) is 15.6. The molecule has 1 aromatic heterocycles. The molecular formula is C22H12F3N2O4-. The summed E-state index contributed by atoms with van der Waals surface area (Å²) in [5.74, 6) is -2.15. The van der Waals surface area contributed by atoms with Crippen LogP contribution in [0.5, 0.6) is 0 Å². The maximum absolute atomic E-state index is 13.6. The van der Waals surface area contributed by atoms with Gasteiger partial charge in [0.2, 0.25) is 0 Å². The van der Waals surface area contributed by atoms with Crippen LogP contribution in [-0.4, -0.2) is 23.8 Å². The lowest BCUT2D eigenvalue weighted by molar-refractivity contribution is -0.255. The van der Waals surface area contributed by atoms with Crippen LogP contribution < -0.4 is 10.1 Å². The Kier molecular flexibility index (Phi) is 4.94. The summed E-state index contributed by atoms with van der Waals surface area (Å²) < 4.78 is 46.3. The summed E-state index contributed by atoms with van der Waals surface area (Å²) in [5, 5.41) is 15.0. The Hall–Kier alpha value is -4.14. The van der Waals surface area contributed by atoms with Crippen molar-refractivity contribution in [3.05, 3.63) is 83.6 Å². The predicted octanol–water partition coefficient (Wildman–Crippen LogP) is 3.66. The van der Waals surface area contributed by atoms with Crippen LogP contribution in [0.4, 0.5) is 18.9 Å². The molecule has 0 saturated carbocycles. The van der Waals surface area contributed by atoms with Gasteiger partial charge in [0, 0.05) is 5.56 Å². The van der Waals surface area contributed by atoms with Gasteiger partial charge in [-0.3, -0.25) is 4.79 Å². The van der Waals surface area contributed by atoms with Gasteiger partial charge in [-0.25, -0.2) is 0 Å². The van der Waals surface area contributed by atoms with Crippen molar-refractivity contribution in [3.63, 3.8) is 0 Å². The van der Waals surface area contributed by atoms with Crippen LogP contribution >= 0.6 is 0 Å². The summed E-state index contributed by atoms with van der Waals surface area (Å²) >= 11 is 0. The Bertz CT molecular complexity index is 1230. The first-order valence-electron chi connectivity index (χ1n) is 8.93. The van der Waals surface area contributed by atoms with Crippen molar-refractivity contribution in [1.82, 2.24) is 0 Å². The van der Waals surface area contributed by atoms with Crippen molar-refractivity contribution < 1.29 is 32.3 Å². The van der Waals surface area contributed by atoms with E-state index < -0.39 is 29.3 Å². The fourth-order valence-electron chi connectivity index (χ4n) is 3.02. The molecule has 0 atom stereocenters. The van der Waals surface area contributed by atoms with Gasteiger partial charge in [-0.1, -0.05) is 42.5 Å².